The number of aliphatic hydroxyl groups excluding tert-OH is 1. The topological polar surface area (TPSA) is 87.2 Å². The molecule has 7 nitrogen and oxygen atoms in total. The van der Waals surface area contributed by atoms with Crippen LogP contribution in [0.1, 0.15) is 56.6 Å². The van der Waals surface area contributed by atoms with Gasteiger partial charge in [0, 0.05) is 30.6 Å². The van der Waals surface area contributed by atoms with Crippen molar-refractivity contribution >= 4 is 35.2 Å². The number of unbranched alkanes of at least 4 members (excludes halogenated alkanes) is 3. The zero-order chi connectivity index (χ0) is 26.7. The maximum absolute atomic E-state index is 14.6. The van der Waals surface area contributed by atoms with Gasteiger partial charge in [0.05, 0.1) is 23.2 Å². The molecule has 37 heavy (non-hydrogen) atoms. The molecule has 3 heterocycles. The number of esters is 1. The van der Waals surface area contributed by atoms with Crippen LogP contribution >= 0.6 is 11.8 Å². The number of carbonyl (C=O) groups excluding carboxylic acids is 3. The summed E-state index contributed by atoms with van der Waals surface area (Å²) in [6.07, 6.45) is 6.49. The summed E-state index contributed by atoms with van der Waals surface area (Å²) < 4.78 is 4.79. The smallest absolute Gasteiger partial charge is 0.310 e. The molecule has 3 fully saturated rings. The molecule has 1 aromatic rings. The Kier molecular flexibility index (Phi) is 8.69. The minimum absolute atomic E-state index is 0.00283. The number of likely N-dealkylation sites (tertiary alicyclic amines) is 1. The summed E-state index contributed by atoms with van der Waals surface area (Å²) in [6, 6.07) is 5.34. The number of aliphatic hydroxyl groups is 1. The van der Waals surface area contributed by atoms with Crippen molar-refractivity contribution in [3.8, 4) is 0 Å². The lowest BCUT2D eigenvalue weighted by molar-refractivity contribution is -0.153. The molecular weight excluding hydrogens is 488 g/mol. The molecule has 1 spiro atoms. The van der Waals surface area contributed by atoms with Gasteiger partial charge in [-0.15, -0.1) is 18.3 Å². The first-order valence-corrected chi connectivity index (χ1v) is 14.4. The van der Waals surface area contributed by atoms with E-state index in [-0.39, 0.29) is 36.2 Å². The first kappa shape index (κ1) is 27.7. The largest absolute Gasteiger partial charge is 0.466 e. The Morgan fingerprint density at radius 1 is 1.24 bits per heavy atom. The molecule has 1 N–H and O–H groups in total. The highest BCUT2D eigenvalue weighted by atomic mass is 32.2. The highest BCUT2D eigenvalue weighted by Crippen LogP contribution is 2.66. The van der Waals surface area contributed by atoms with Gasteiger partial charge in [-0.3, -0.25) is 14.4 Å². The van der Waals surface area contributed by atoms with E-state index in [4.69, 9.17) is 9.84 Å². The molecule has 2 amide bonds. The fraction of sp³-hybridized carbons (Fsp3) is 0.621. The lowest BCUT2D eigenvalue weighted by Gasteiger charge is -2.38. The number of amides is 2. The van der Waals surface area contributed by atoms with Gasteiger partial charge in [-0.2, -0.15) is 0 Å². The van der Waals surface area contributed by atoms with Gasteiger partial charge in [0.1, 0.15) is 6.04 Å². The van der Waals surface area contributed by atoms with Crippen LogP contribution in [0.3, 0.4) is 0 Å². The van der Waals surface area contributed by atoms with Crippen molar-refractivity contribution in [3.63, 3.8) is 0 Å². The average molecular weight is 529 g/mol. The van der Waals surface area contributed by atoms with E-state index in [1.54, 1.807) is 34.6 Å². The van der Waals surface area contributed by atoms with Gasteiger partial charge in [-0.05, 0) is 57.6 Å². The van der Waals surface area contributed by atoms with E-state index in [0.29, 0.717) is 13.1 Å². The molecule has 5 atom stereocenters. The van der Waals surface area contributed by atoms with Gasteiger partial charge in [-0.1, -0.05) is 37.1 Å². The Morgan fingerprint density at radius 3 is 2.59 bits per heavy atom. The highest BCUT2D eigenvalue weighted by Gasteiger charge is 2.74. The summed E-state index contributed by atoms with van der Waals surface area (Å²) in [5, 5.41) is 9.14. The number of ether oxygens (including phenoxy) is 1. The number of carbonyl (C=O) groups is 3. The van der Waals surface area contributed by atoms with Crippen LogP contribution < -0.4 is 4.90 Å². The molecule has 3 saturated heterocycles. The Morgan fingerprint density at radius 2 is 1.95 bits per heavy atom. The van der Waals surface area contributed by atoms with E-state index in [1.165, 1.54) is 0 Å². The maximum Gasteiger partial charge on any atom is 0.310 e. The summed E-state index contributed by atoms with van der Waals surface area (Å²) in [7, 11) is 0. The SMILES string of the molecule is C=CCN(C(=O)C1N(CCCCCCO)C(=O)[C@@H]2[C@H](C(=O)OCC)[C@@H]3CCC12S3)c1c(C)cccc1C. The molecule has 2 bridgehead atoms. The molecule has 0 radical (unpaired) electrons. The number of anilines is 1. The number of fused-ring (bicyclic) bond motifs is 1. The van der Waals surface area contributed by atoms with Crippen LogP contribution in [0, 0.1) is 25.7 Å². The number of benzene rings is 1. The van der Waals surface area contributed by atoms with Crippen LogP contribution in [0.15, 0.2) is 30.9 Å². The van der Waals surface area contributed by atoms with Crippen molar-refractivity contribution in [1.82, 2.24) is 4.90 Å². The number of hydrogen-bond donors (Lipinski definition) is 1. The molecule has 8 heteroatoms. The fourth-order valence-corrected chi connectivity index (χ4v) is 8.93. The van der Waals surface area contributed by atoms with Gasteiger partial charge in [-0.25, -0.2) is 0 Å². The number of hydrogen-bond acceptors (Lipinski definition) is 6. The molecule has 2 unspecified atom stereocenters. The first-order valence-electron chi connectivity index (χ1n) is 13.6. The molecule has 202 valence electrons. The van der Waals surface area contributed by atoms with Crippen LogP contribution in [-0.2, 0) is 19.1 Å². The summed E-state index contributed by atoms with van der Waals surface area (Å²) in [4.78, 5) is 45.2. The number of thioether (sulfide) groups is 1. The Labute approximate surface area is 224 Å². The second-order valence-electron chi connectivity index (χ2n) is 10.5. The predicted octanol–water partition coefficient (Wildman–Crippen LogP) is 4.03. The van der Waals surface area contributed by atoms with Crippen LogP contribution in [0.2, 0.25) is 0 Å². The quantitative estimate of drug-likeness (QED) is 0.250. The molecule has 3 aliphatic heterocycles. The van der Waals surface area contributed by atoms with Crippen molar-refractivity contribution in [2.45, 2.75) is 75.3 Å². The highest BCUT2D eigenvalue weighted by molar-refractivity contribution is 8.02. The van der Waals surface area contributed by atoms with E-state index in [9.17, 15) is 14.4 Å². The average Bonchev–Trinajstić information content (AvgIpc) is 3.50. The van der Waals surface area contributed by atoms with Gasteiger partial charge < -0.3 is 19.6 Å². The number of rotatable bonds is 12. The Bertz CT molecular complexity index is 1020. The zero-order valence-corrected chi connectivity index (χ0v) is 23.1. The van der Waals surface area contributed by atoms with Crippen molar-refractivity contribution in [1.29, 1.82) is 0 Å². The Balaban J connectivity index is 1.73. The summed E-state index contributed by atoms with van der Waals surface area (Å²) in [5.74, 6) is -1.54. The van der Waals surface area contributed by atoms with Crippen LogP contribution in [0.5, 0.6) is 0 Å². The minimum Gasteiger partial charge on any atom is -0.466 e. The molecule has 4 rings (SSSR count). The fourth-order valence-electron chi connectivity index (χ4n) is 6.73. The monoisotopic (exact) mass is 528 g/mol. The lowest BCUT2D eigenvalue weighted by atomic mass is 9.71. The van der Waals surface area contributed by atoms with Crippen LogP contribution in [-0.4, -0.2) is 70.1 Å². The normalized spacial score (nSPS) is 27.9. The maximum atomic E-state index is 14.6. The molecule has 0 aromatic heterocycles. The number of aryl methyl sites for hydroxylation is 2. The van der Waals surface area contributed by atoms with Crippen molar-refractivity contribution < 1.29 is 24.2 Å². The molecule has 3 aliphatic rings. The van der Waals surface area contributed by atoms with Crippen molar-refractivity contribution in [3.05, 3.63) is 42.0 Å². The third-order valence-corrected chi connectivity index (χ3v) is 10.1. The summed E-state index contributed by atoms with van der Waals surface area (Å²) >= 11 is 1.67. The lowest BCUT2D eigenvalue weighted by Crippen LogP contribution is -2.55. The van der Waals surface area contributed by atoms with E-state index in [1.807, 2.05) is 32.0 Å². The molecule has 1 aromatic carbocycles. The van der Waals surface area contributed by atoms with Crippen LogP contribution in [0.25, 0.3) is 0 Å². The second kappa shape index (κ2) is 11.6. The predicted molar refractivity (Wildman–Crippen MR) is 146 cm³/mol. The summed E-state index contributed by atoms with van der Waals surface area (Å²) in [5.41, 5.74) is 2.86. The van der Waals surface area contributed by atoms with E-state index >= 15 is 0 Å². The third-order valence-electron chi connectivity index (χ3n) is 8.19. The van der Waals surface area contributed by atoms with E-state index in [0.717, 1.165) is 55.3 Å². The van der Waals surface area contributed by atoms with Gasteiger partial charge in [0.25, 0.3) is 5.91 Å². The second-order valence-corrected chi connectivity index (χ2v) is 12.1. The Hall–Kier alpha value is -2.32. The molecule has 0 aliphatic carbocycles. The van der Waals surface area contributed by atoms with E-state index in [2.05, 4.69) is 6.58 Å². The molecular formula is C29H40N2O5S. The van der Waals surface area contributed by atoms with Crippen LogP contribution in [0.4, 0.5) is 5.69 Å². The van der Waals surface area contributed by atoms with E-state index < -0.39 is 22.6 Å². The van der Waals surface area contributed by atoms with Crippen molar-refractivity contribution in [2.75, 3.05) is 31.2 Å². The summed E-state index contributed by atoms with van der Waals surface area (Å²) in [6.45, 7) is 10.9. The number of para-hydroxylation sites is 1. The number of nitrogens with zero attached hydrogens (tertiary/aromatic N) is 2. The van der Waals surface area contributed by atoms with Gasteiger partial charge in [0.2, 0.25) is 5.91 Å². The standard InChI is InChI=1S/C29H40N2O5S/c1-5-16-30(24-19(3)12-11-13-20(24)4)27(34)25-29-15-14-21(37-29)22(28(35)36-6-2)23(29)26(33)31(25)17-9-7-8-10-18-32/h5,11-13,21-23,25,32H,1,6-10,14-18H2,2-4H3/t21-,22+,23-,25?,29?/m0/s1. The zero-order valence-electron chi connectivity index (χ0n) is 22.3. The van der Waals surface area contributed by atoms with Gasteiger partial charge in [0.15, 0.2) is 0 Å². The minimum atomic E-state index is -0.642. The van der Waals surface area contributed by atoms with Gasteiger partial charge >= 0.3 is 5.97 Å². The molecule has 0 saturated carbocycles. The van der Waals surface area contributed by atoms with Crippen molar-refractivity contribution in [2.24, 2.45) is 11.8 Å². The first-order chi connectivity index (χ1) is 17.8. The third kappa shape index (κ3) is 4.83.